The van der Waals surface area contributed by atoms with E-state index in [2.05, 4.69) is 34.1 Å². The number of hydrogen-bond acceptors (Lipinski definition) is 3. The summed E-state index contributed by atoms with van der Waals surface area (Å²) in [5, 5.41) is 0. The smallest absolute Gasteiger partial charge is 0.223 e. The molecule has 1 aromatic heterocycles. The molecule has 2 aliphatic rings. The molecule has 5 heteroatoms. The van der Waals surface area contributed by atoms with Gasteiger partial charge in [-0.1, -0.05) is 12.2 Å². The van der Waals surface area contributed by atoms with Crippen LogP contribution in [0.2, 0.25) is 0 Å². The maximum atomic E-state index is 12.4. The number of aromatic nitrogens is 2. The highest BCUT2D eigenvalue weighted by Gasteiger charge is 2.30. The molecule has 5 nitrogen and oxygen atoms in total. The minimum Gasteiger partial charge on any atom is -0.347 e. The molecule has 2 unspecified atom stereocenters. The maximum Gasteiger partial charge on any atom is 0.223 e. The van der Waals surface area contributed by atoms with Crippen molar-refractivity contribution in [3.8, 4) is 0 Å². The number of carbonyl (C=O) groups excluding carboxylic acids is 1. The highest BCUT2D eigenvalue weighted by molar-refractivity contribution is 5.77. The number of aromatic amines is 1. The molecule has 1 aliphatic heterocycles. The number of likely N-dealkylation sites (N-methyl/N-ethyl adjacent to an activating group) is 1. The van der Waals surface area contributed by atoms with E-state index in [0.717, 1.165) is 38.3 Å². The van der Waals surface area contributed by atoms with Crippen molar-refractivity contribution >= 4 is 5.91 Å². The number of hydrogen-bond donors (Lipinski definition) is 1. The Labute approximate surface area is 119 Å². The molecule has 1 fully saturated rings. The lowest BCUT2D eigenvalue weighted by Gasteiger charge is -2.38. The largest absolute Gasteiger partial charge is 0.347 e. The predicted octanol–water partition coefficient (Wildman–Crippen LogP) is 1.58. The molecule has 1 aromatic rings. The number of amides is 1. The van der Waals surface area contributed by atoms with E-state index in [1.807, 2.05) is 11.1 Å². The SMILES string of the molecule is CN1CCN(C(=O)CC2C=CCC2)CC1c1ncc[nH]1. The third-order valence-electron chi connectivity index (χ3n) is 4.38. The Bertz CT molecular complexity index is 482. The summed E-state index contributed by atoms with van der Waals surface area (Å²) in [7, 11) is 2.09. The summed E-state index contributed by atoms with van der Waals surface area (Å²) in [4.78, 5) is 24.2. The maximum absolute atomic E-state index is 12.4. The van der Waals surface area contributed by atoms with Gasteiger partial charge in [0, 0.05) is 38.4 Å². The molecule has 0 radical (unpaired) electrons. The van der Waals surface area contributed by atoms with E-state index in [9.17, 15) is 4.79 Å². The number of nitrogens with zero attached hydrogens (tertiary/aromatic N) is 3. The molecule has 2 atom stereocenters. The van der Waals surface area contributed by atoms with Crippen LogP contribution in [0.1, 0.15) is 31.1 Å². The average Bonchev–Trinajstić information content (AvgIpc) is 3.11. The first-order valence-corrected chi connectivity index (χ1v) is 7.38. The summed E-state index contributed by atoms with van der Waals surface area (Å²) in [5.41, 5.74) is 0. The van der Waals surface area contributed by atoms with Gasteiger partial charge in [0.25, 0.3) is 0 Å². The van der Waals surface area contributed by atoms with Crippen LogP contribution in [0.5, 0.6) is 0 Å². The lowest BCUT2D eigenvalue weighted by atomic mass is 10.0. The number of nitrogens with one attached hydrogen (secondary N) is 1. The third-order valence-corrected chi connectivity index (χ3v) is 4.38. The molecule has 2 heterocycles. The van der Waals surface area contributed by atoms with Crippen LogP contribution in [0, 0.1) is 5.92 Å². The van der Waals surface area contributed by atoms with E-state index < -0.39 is 0 Å². The summed E-state index contributed by atoms with van der Waals surface area (Å²) in [6, 6.07) is 0.182. The predicted molar refractivity (Wildman–Crippen MR) is 77.0 cm³/mol. The minimum atomic E-state index is 0.182. The molecule has 3 rings (SSSR count). The zero-order chi connectivity index (χ0) is 13.9. The van der Waals surface area contributed by atoms with Crippen LogP contribution in [0.15, 0.2) is 24.5 Å². The molecule has 1 amide bonds. The summed E-state index contributed by atoms with van der Waals surface area (Å²) >= 11 is 0. The van der Waals surface area contributed by atoms with Crippen molar-refractivity contribution in [1.82, 2.24) is 19.8 Å². The fraction of sp³-hybridized carbons (Fsp3) is 0.600. The van der Waals surface area contributed by atoms with Crippen molar-refractivity contribution in [3.05, 3.63) is 30.4 Å². The van der Waals surface area contributed by atoms with Crippen molar-refractivity contribution in [3.63, 3.8) is 0 Å². The molecule has 1 N–H and O–H groups in total. The molecule has 0 bridgehead atoms. The molecular weight excluding hydrogens is 252 g/mol. The number of H-pyrrole nitrogens is 1. The Morgan fingerprint density at radius 3 is 3.10 bits per heavy atom. The van der Waals surface area contributed by atoms with Crippen LogP contribution in [-0.2, 0) is 4.79 Å². The first kappa shape index (κ1) is 13.4. The van der Waals surface area contributed by atoms with E-state index >= 15 is 0 Å². The molecule has 1 saturated heterocycles. The summed E-state index contributed by atoms with van der Waals surface area (Å²) in [6.45, 7) is 2.46. The van der Waals surface area contributed by atoms with Gasteiger partial charge in [0.15, 0.2) is 0 Å². The molecule has 1 aliphatic carbocycles. The second-order valence-electron chi connectivity index (χ2n) is 5.78. The first-order valence-electron chi connectivity index (χ1n) is 7.38. The number of rotatable bonds is 3. The van der Waals surface area contributed by atoms with Gasteiger partial charge >= 0.3 is 0 Å². The topological polar surface area (TPSA) is 52.2 Å². The normalized spacial score (nSPS) is 27.1. The van der Waals surface area contributed by atoms with Gasteiger partial charge in [-0.05, 0) is 25.8 Å². The monoisotopic (exact) mass is 274 g/mol. The first-order chi connectivity index (χ1) is 9.74. The van der Waals surface area contributed by atoms with E-state index in [1.165, 1.54) is 0 Å². The fourth-order valence-electron chi connectivity index (χ4n) is 3.07. The van der Waals surface area contributed by atoms with E-state index in [-0.39, 0.29) is 11.9 Å². The van der Waals surface area contributed by atoms with Gasteiger partial charge in [0.05, 0.1) is 6.04 Å². The quantitative estimate of drug-likeness (QED) is 0.851. The number of allylic oxidation sites excluding steroid dienone is 2. The average molecular weight is 274 g/mol. The van der Waals surface area contributed by atoms with Crippen LogP contribution in [0.4, 0.5) is 0 Å². The van der Waals surface area contributed by atoms with Crippen LogP contribution in [-0.4, -0.2) is 52.4 Å². The van der Waals surface area contributed by atoms with Gasteiger partial charge in [-0.2, -0.15) is 0 Å². The van der Waals surface area contributed by atoms with Crippen LogP contribution >= 0.6 is 0 Å². The van der Waals surface area contributed by atoms with Crippen molar-refractivity contribution in [2.24, 2.45) is 5.92 Å². The van der Waals surface area contributed by atoms with Gasteiger partial charge in [-0.25, -0.2) is 4.98 Å². The van der Waals surface area contributed by atoms with Crippen molar-refractivity contribution in [1.29, 1.82) is 0 Å². The van der Waals surface area contributed by atoms with Crippen LogP contribution < -0.4 is 0 Å². The Morgan fingerprint density at radius 1 is 1.50 bits per heavy atom. The Kier molecular flexibility index (Phi) is 3.87. The molecule has 0 spiro atoms. The molecule has 0 saturated carbocycles. The highest BCUT2D eigenvalue weighted by atomic mass is 16.2. The van der Waals surface area contributed by atoms with E-state index in [4.69, 9.17) is 0 Å². The molecule has 108 valence electrons. The van der Waals surface area contributed by atoms with Crippen molar-refractivity contribution < 1.29 is 4.79 Å². The number of piperazine rings is 1. The number of imidazole rings is 1. The van der Waals surface area contributed by atoms with E-state index in [1.54, 1.807) is 6.20 Å². The van der Waals surface area contributed by atoms with Gasteiger partial charge < -0.3 is 9.88 Å². The third kappa shape index (κ3) is 2.77. The Balaban J connectivity index is 1.62. The van der Waals surface area contributed by atoms with Crippen molar-refractivity contribution in [2.45, 2.75) is 25.3 Å². The van der Waals surface area contributed by atoms with Gasteiger partial charge in [0.1, 0.15) is 5.82 Å². The standard InChI is InChI=1S/C15H22N4O/c1-18-8-9-19(11-13(18)15-16-6-7-17-15)14(20)10-12-4-2-3-5-12/h2,4,6-7,12-13H,3,5,8-11H2,1H3,(H,16,17). The Hall–Kier alpha value is -1.62. The zero-order valence-corrected chi connectivity index (χ0v) is 12.0. The van der Waals surface area contributed by atoms with Crippen LogP contribution in [0.3, 0.4) is 0 Å². The molecule has 20 heavy (non-hydrogen) atoms. The zero-order valence-electron chi connectivity index (χ0n) is 12.0. The molecule has 0 aromatic carbocycles. The Morgan fingerprint density at radius 2 is 2.40 bits per heavy atom. The lowest BCUT2D eigenvalue weighted by molar-refractivity contribution is -0.134. The fourth-order valence-corrected chi connectivity index (χ4v) is 3.07. The van der Waals surface area contributed by atoms with Gasteiger partial charge in [0.2, 0.25) is 5.91 Å². The highest BCUT2D eigenvalue weighted by Crippen LogP contribution is 2.25. The summed E-state index contributed by atoms with van der Waals surface area (Å²) in [5.74, 6) is 1.68. The summed E-state index contributed by atoms with van der Waals surface area (Å²) < 4.78 is 0. The van der Waals surface area contributed by atoms with Crippen LogP contribution in [0.25, 0.3) is 0 Å². The second-order valence-corrected chi connectivity index (χ2v) is 5.78. The molecular formula is C15H22N4O. The number of carbonyl (C=O) groups is 1. The minimum absolute atomic E-state index is 0.182. The van der Waals surface area contributed by atoms with E-state index in [0.29, 0.717) is 12.3 Å². The van der Waals surface area contributed by atoms with Gasteiger partial charge in [-0.3, -0.25) is 9.69 Å². The van der Waals surface area contributed by atoms with Crippen molar-refractivity contribution in [2.75, 3.05) is 26.7 Å². The van der Waals surface area contributed by atoms with Gasteiger partial charge in [-0.15, -0.1) is 0 Å². The summed E-state index contributed by atoms with van der Waals surface area (Å²) in [6.07, 6.45) is 10.9. The second kappa shape index (κ2) is 5.79. The lowest BCUT2D eigenvalue weighted by Crippen LogP contribution is -2.49.